The predicted molar refractivity (Wildman–Crippen MR) is 86.8 cm³/mol. The molecule has 0 saturated carbocycles. The van der Waals surface area contributed by atoms with E-state index in [4.69, 9.17) is 0 Å². The SMILES string of the molecule is CCCC(CC)NS(=O)(=O)c1cc(CNC)n(CCC)c1. The highest BCUT2D eigenvalue weighted by Crippen LogP contribution is 2.17. The summed E-state index contributed by atoms with van der Waals surface area (Å²) in [6.45, 7) is 7.67. The van der Waals surface area contributed by atoms with Gasteiger partial charge in [0.05, 0.1) is 4.90 Å². The summed E-state index contributed by atoms with van der Waals surface area (Å²) in [5, 5.41) is 3.08. The molecule has 0 aromatic carbocycles. The lowest BCUT2D eigenvalue weighted by Gasteiger charge is -2.15. The van der Waals surface area contributed by atoms with E-state index >= 15 is 0 Å². The molecule has 0 fully saturated rings. The molecule has 21 heavy (non-hydrogen) atoms. The lowest BCUT2D eigenvalue weighted by molar-refractivity contribution is 0.512. The Hall–Kier alpha value is -0.850. The van der Waals surface area contributed by atoms with Gasteiger partial charge >= 0.3 is 0 Å². The van der Waals surface area contributed by atoms with Gasteiger partial charge in [0.2, 0.25) is 10.0 Å². The molecule has 1 rings (SSSR count). The largest absolute Gasteiger partial charge is 0.349 e. The van der Waals surface area contributed by atoms with Gasteiger partial charge in [0.1, 0.15) is 0 Å². The minimum Gasteiger partial charge on any atom is -0.349 e. The maximum atomic E-state index is 12.5. The van der Waals surface area contributed by atoms with E-state index in [1.807, 2.05) is 18.5 Å². The standard InChI is InChI=1S/C15H29N3O2S/c1-5-8-13(7-3)17-21(19,20)15-10-14(11-16-4)18(12-15)9-6-2/h10,12-13,16-17H,5-9,11H2,1-4H3. The van der Waals surface area contributed by atoms with Crippen LogP contribution in [0, 0.1) is 0 Å². The first-order chi connectivity index (χ1) is 9.98. The molecule has 0 aliphatic rings. The third-order valence-corrected chi connectivity index (χ3v) is 5.03. The molecule has 0 saturated heterocycles. The smallest absolute Gasteiger partial charge is 0.242 e. The van der Waals surface area contributed by atoms with E-state index in [2.05, 4.69) is 23.9 Å². The Bertz CT molecular complexity index is 500. The van der Waals surface area contributed by atoms with Crippen molar-refractivity contribution >= 4 is 10.0 Å². The van der Waals surface area contributed by atoms with Gasteiger partial charge in [-0.2, -0.15) is 0 Å². The molecule has 5 nitrogen and oxygen atoms in total. The Kier molecular flexibility index (Phi) is 7.42. The number of hydrogen-bond donors (Lipinski definition) is 2. The van der Waals surface area contributed by atoms with Gasteiger partial charge in [0.25, 0.3) is 0 Å². The van der Waals surface area contributed by atoms with E-state index in [-0.39, 0.29) is 6.04 Å². The summed E-state index contributed by atoms with van der Waals surface area (Å²) in [5.41, 5.74) is 1.00. The molecule has 6 heteroatoms. The van der Waals surface area contributed by atoms with Crippen molar-refractivity contribution in [2.45, 2.75) is 70.5 Å². The predicted octanol–water partition coefficient (Wildman–Crippen LogP) is 2.47. The normalized spacial score (nSPS) is 13.5. The zero-order valence-corrected chi connectivity index (χ0v) is 14.5. The second kappa shape index (κ2) is 8.56. The third kappa shape index (κ3) is 5.13. The van der Waals surface area contributed by atoms with Crippen molar-refractivity contribution in [3.8, 4) is 0 Å². The summed E-state index contributed by atoms with van der Waals surface area (Å²) in [7, 11) is -1.57. The zero-order chi connectivity index (χ0) is 15.9. The molecular weight excluding hydrogens is 286 g/mol. The van der Waals surface area contributed by atoms with Crippen molar-refractivity contribution in [2.75, 3.05) is 7.05 Å². The van der Waals surface area contributed by atoms with Gasteiger partial charge in [-0.1, -0.05) is 27.2 Å². The molecule has 0 spiro atoms. The molecule has 1 aromatic heterocycles. The van der Waals surface area contributed by atoms with Crippen molar-refractivity contribution in [1.29, 1.82) is 0 Å². The quantitative estimate of drug-likeness (QED) is 0.697. The molecule has 1 heterocycles. The van der Waals surface area contributed by atoms with Crippen molar-refractivity contribution in [3.63, 3.8) is 0 Å². The van der Waals surface area contributed by atoms with Gasteiger partial charge in [-0.25, -0.2) is 13.1 Å². The van der Waals surface area contributed by atoms with E-state index in [0.717, 1.165) is 37.9 Å². The van der Waals surface area contributed by atoms with Crippen LogP contribution in [0.15, 0.2) is 17.2 Å². The number of aryl methyl sites for hydroxylation is 1. The van der Waals surface area contributed by atoms with Crippen molar-refractivity contribution < 1.29 is 8.42 Å². The van der Waals surface area contributed by atoms with E-state index in [1.165, 1.54) is 0 Å². The molecular formula is C15H29N3O2S. The summed E-state index contributed by atoms with van der Waals surface area (Å²) in [5.74, 6) is 0. The van der Waals surface area contributed by atoms with Gasteiger partial charge < -0.3 is 9.88 Å². The molecule has 0 aliphatic heterocycles. The van der Waals surface area contributed by atoms with Crippen LogP contribution in [0.5, 0.6) is 0 Å². The Morgan fingerprint density at radius 1 is 1.24 bits per heavy atom. The van der Waals surface area contributed by atoms with Crippen LogP contribution in [0.4, 0.5) is 0 Å². The van der Waals surface area contributed by atoms with Crippen molar-refractivity contribution in [2.24, 2.45) is 0 Å². The fourth-order valence-corrected chi connectivity index (χ4v) is 3.85. The van der Waals surface area contributed by atoms with Crippen LogP contribution in [0.2, 0.25) is 0 Å². The molecule has 1 unspecified atom stereocenters. The lowest BCUT2D eigenvalue weighted by atomic mass is 10.1. The fourth-order valence-electron chi connectivity index (χ4n) is 2.43. The molecule has 2 N–H and O–H groups in total. The molecule has 0 aliphatic carbocycles. The molecule has 0 bridgehead atoms. The number of sulfonamides is 1. The molecule has 0 radical (unpaired) electrons. The second-order valence-corrected chi connectivity index (χ2v) is 7.12. The highest BCUT2D eigenvalue weighted by Gasteiger charge is 2.21. The van der Waals surface area contributed by atoms with Crippen LogP contribution >= 0.6 is 0 Å². The highest BCUT2D eigenvalue weighted by atomic mass is 32.2. The number of nitrogens with one attached hydrogen (secondary N) is 2. The Morgan fingerprint density at radius 3 is 2.48 bits per heavy atom. The Balaban J connectivity index is 2.99. The van der Waals surface area contributed by atoms with Gasteiger partial charge in [-0.15, -0.1) is 0 Å². The van der Waals surface area contributed by atoms with Crippen molar-refractivity contribution in [1.82, 2.24) is 14.6 Å². The summed E-state index contributed by atoms with van der Waals surface area (Å²) >= 11 is 0. The number of aromatic nitrogens is 1. The first-order valence-electron chi connectivity index (χ1n) is 7.84. The topological polar surface area (TPSA) is 63.1 Å². The van der Waals surface area contributed by atoms with Crippen LogP contribution in [-0.2, 0) is 23.1 Å². The summed E-state index contributed by atoms with van der Waals surface area (Å²) in [4.78, 5) is 0.371. The van der Waals surface area contributed by atoms with Crippen LogP contribution in [0.3, 0.4) is 0 Å². The minimum absolute atomic E-state index is 0.0160. The van der Waals surface area contributed by atoms with Crippen molar-refractivity contribution in [3.05, 3.63) is 18.0 Å². The summed E-state index contributed by atoms with van der Waals surface area (Å²) in [6.07, 6.45) is 5.38. The monoisotopic (exact) mass is 315 g/mol. The lowest BCUT2D eigenvalue weighted by Crippen LogP contribution is -2.34. The fraction of sp³-hybridized carbons (Fsp3) is 0.733. The summed E-state index contributed by atoms with van der Waals surface area (Å²) in [6, 6.07) is 1.79. The number of nitrogens with zero attached hydrogens (tertiary/aromatic N) is 1. The van der Waals surface area contributed by atoms with Crippen LogP contribution in [0.25, 0.3) is 0 Å². The van der Waals surface area contributed by atoms with Gasteiger partial charge in [-0.3, -0.25) is 0 Å². The van der Waals surface area contributed by atoms with Crippen LogP contribution in [-0.4, -0.2) is 26.1 Å². The van der Waals surface area contributed by atoms with E-state index in [0.29, 0.717) is 11.4 Å². The zero-order valence-electron chi connectivity index (χ0n) is 13.6. The second-order valence-electron chi connectivity index (χ2n) is 5.41. The van der Waals surface area contributed by atoms with Crippen LogP contribution < -0.4 is 10.0 Å². The van der Waals surface area contributed by atoms with E-state index in [1.54, 1.807) is 12.3 Å². The Morgan fingerprint density at radius 2 is 1.95 bits per heavy atom. The van der Waals surface area contributed by atoms with Gasteiger partial charge in [0.15, 0.2) is 0 Å². The maximum absolute atomic E-state index is 12.5. The molecule has 0 amide bonds. The van der Waals surface area contributed by atoms with Gasteiger partial charge in [-0.05, 0) is 32.4 Å². The Labute approximate surface area is 129 Å². The van der Waals surface area contributed by atoms with E-state index < -0.39 is 10.0 Å². The third-order valence-electron chi connectivity index (χ3n) is 3.55. The van der Waals surface area contributed by atoms with Gasteiger partial charge in [0, 0.05) is 31.0 Å². The number of rotatable bonds is 10. The first kappa shape index (κ1) is 18.2. The average Bonchev–Trinajstić information content (AvgIpc) is 2.83. The average molecular weight is 315 g/mol. The molecule has 122 valence electrons. The minimum atomic E-state index is -3.43. The maximum Gasteiger partial charge on any atom is 0.242 e. The summed E-state index contributed by atoms with van der Waals surface area (Å²) < 4.78 is 29.9. The first-order valence-corrected chi connectivity index (χ1v) is 9.32. The van der Waals surface area contributed by atoms with Crippen LogP contribution in [0.1, 0.15) is 52.1 Å². The van der Waals surface area contributed by atoms with E-state index in [9.17, 15) is 8.42 Å². The molecule has 1 atom stereocenters. The molecule has 1 aromatic rings. The highest BCUT2D eigenvalue weighted by molar-refractivity contribution is 7.89. The number of hydrogen-bond acceptors (Lipinski definition) is 3.